The van der Waals surface area contributed by atoms with Crippen LogP contribution in [0.25, 0.3) is 0 Å². The highest BCUT2D eigenvalue weighted by molar-refractivity contribution is 6.30. The molecule has 0 amide bonds. The Morgan fingerprint density at radius 2 is 1.68 bits per heavy atom. The van der Waals surface area contributed by atoms with E-state index in [2.05, 4.69) is 0 Å². The van der Waals surface area contributed by atoms with Crippen LogP contribution in [0.4, 0.5) is 13.2 Å². The third-order valence-corrected chi connectivity index (χ3v) is 3.08. The van der Waals surface area contributed by atoms with Gasteiger partial charge in [-0.15, -0.1) is 0 Å². The van der Waals surface area contributed by atoms with Crippen molar-refractivity contribution in [2.75, 3.05) is 0 Å². The summed E-state index contributed by atoms with van der Waals surface area (Å²) >= 11 is 5.61. The van der Waals surface area contributed by atoms with Crippen LogP contribution in [0.15, 0.2) is 36.4 Å². The van der Waals surface area contributed by atoms with Crippen molar-refractivity contribution in [3.8, 4) is 0 Å². The first-order valence-corrected chi connectivity index (χ1v) is 5.93. The van der Waals surface area contributed by atoms with E-state index in [9.17, 15) is 18.3 Å². The number of aliphatic hydroxyl groups is 1. The highest BCUT2D eigenvalue weighted by Gasteiger charge is 2.18. The molecule has 0 saturated heterocycles. The van der Waals surface area contributed by atoms with Gasteiger partial charge < -0.3 is 5.11 Å². The van der Waals surface area contributed by atoms with Crippen molar-refractivity contribution in [2.24, 2.45) is 0 Å². The minimum Gasteiger partial charge on any atom is -0.388 e. The van der Waals surface area contributed by atoms with E-state index >= 15 is 0 Å². The molecule has 0 fully saturated rings. The summed E-state index contributed by atoms with van der Waals surface area (Å²) in [6, 6.07) is 7.81. The Bertz CT molecular complexity index is 601. The number of hydrogen-bond donors (Lipinski definition) is 1. The lowest BCUT2D eigenvalue weighted by Gasteiger charge is -2.13. The Morgan fingerprint density at radius 1 is 1.00 bits per heavy atom. The van der Waals surface area contributed by atoms with Crippen molar-refractivity contribution >= 4 is 11.6 Å². The molecule has 1 atom stereocenters. The molecule has 0 saturated carbocycles. The van der Waals surface area contributed by atoms with E-state index < -0.39 is 23.6 Å². The molecule has 0 spiro atoms. The van der Waals surface area contributed by atoms with Gasteiger partial charge in [-0.05, 0) is 17.7 Å². The van der Waals surface area contributed by atoms with Gasteiger partial charge in [-0.2, -0.15) is 0 Å². The van der Waals surface area contributed by atoms with Crippen molar-refractivity contribution in [2.45, 2.75) is 12.5 Å². The third-order valence-electron chi connectivity index (χ3n) is 2.79. The van der Waals surface area contributed by atoms with Gasteiger partial charge in [0.1, 0.15) is 5.82 Å². The van der Waals surface area contributed by atoms with Gasteiger partial charge in [0.15, 0.2) is 11.6 Å². The Morgan fingerprint density at radius 3 is 2.42 bits per heavy atom. The van der Waals surface area contributed by atoms with Gasteiger partial charge in [0.25, 0.3) is 0 Å². The molecular weight excluding hydrogens is 277 g/mol. The summed E-state index contributed by atoms with van der Waals surface area (Å²) in [7, 11) is 0. The maximum atomic E-state index is 13.6. The van der Waals surface area contributed by atoms with Crippen molar-refractivity contribution in [3.05, 3.63) is 70.0 Å². The normalized spacial score (nSPS) is 12.5. The molecule has 2 aromatic rings. The number of hydrogen-bond acceptors (Lipinski definition) is 1. The van der Waals surface area contributed by atoms with Crippen LogP contribution >= 0.6 is 11.6 Å². The molecule has 100 valence electrons. The molecule has 2 aromatic carbocycles. The average molecular weight is 287 g/mol. The molecule has 0 aromatic heterocycles. The molecule has 1 nitrogen and oxygen atoms in total. The molecule has 0 radical (unpaired) electrons. The summed E-state index contributed by atoms with van der Waals surface area (Å²) in [5, 5.41) is 9.80. The van der Waals surface area contributed by atoms with Crippen LogP contribution in [-0.4, -0.2) is 5.11 Å². The monoisotopic (exact) mass is 286 g/mol. The summed E-state index contributed by atoms with van der Waals surface area (Å²) in [6.07, 6.45) is -1.53. The van der Waals surface area contributed by atoms with Gasteiger partial charge in [-0.3, -0.25) is 0 Å². The quantitative estimate of drug-likeness (QED) is 0.903. The molecule has 0 aliphatic carbocycles. The number of rotatable bonds is 3. The zero-order chi connectivity index (χ0) is 14.0. The largest absolute Gasteiger partial charge is 0.388 e. The third kappa shape index (κ3) is 2.91. The van der Waals surface area contributed by atoms with E-state index in [1.807, 2.05) is 0 Å². The Balaban J connectivity index is 2.28. The molecular formula is C14H10ClF3O. The maximum absolute atomic E-state index is 13.6. The molecule has 19 heavy (non-hydrogen) atoms. The fourth-order valence-electron chi connectivity index (χ4n) is 1.80. The number of halogens is 4. The van der Waals surface area contributed by atoms with Crippen LogP contribution < -0.4 is 0 Å². The topological polar surface area (TPSA) is 20.2 Å². The lowest BCUT2D eigenvalue weighted by atomic mass is 10.0. The second-order valence-electron chi connectivity index (χ2n) is 4.08. The zero-order valence-electron chi connectivity index (χ0n) is 9.71. The number of benzene rings is 2. The lowest BCUT2D eigenvalue weighted by Crippen LogP contribution is -2.07. The van der Waals surface area contributed by atoms with Crippen molar-refractivity contribution < 1.29 is 18.3 Å². The summed E-state index contributed by atoms with van der Waals surface area (Å²) < 4.78 is 40.2. The minimum absolute atomic E-state index is 0.0792. The fraction of sp³-hybridized carbons (Fsp3) is 0.143. The van der Waals surface area contributed by atoms with Crippen LogP contribution in [0.2, 0.25) is 5.02 Å². The van der Waals surface area contributed by atoms with Gasteiger partial charge in [0, 0.05) is 12.0 Å². The van der Waals surface area contributed by atoms with E-state index in [1.165, 1.54) is 30.3 Å². The summed E-state index contributed by atoms with van der Waals surface area (Å²) in [5.41, 5.74) is -0.0666. The zero-order valence-corrected chi connectivity index (χ0v) is 10.5. The maximum Gasteiger partial charge on any atom is 0.164 e. The van der Waals surface area contributed by atoms with E-state index in [-0.39, 0.29) is 22.6 Å². The first kappa shape index (κ1) is 13.9. The Hall–Kier alpha value is -1.52. The predicted octanol–water partition coefficient (Wildman–Crippen LogP) is 4.03. The second-order valence-corrected chi connectivity index (χ2v) is 4.48. The Labute approximate surface area is 113 Å². The smallest absolute Gasteiger partial charge is 0.164 e. The minimum atomic E-state index is -1.34. The van der Waals surface area contributed by atoms with Crippen molar-refractivity contribution in [1.29, 1.82) is 0 Å². The first-order valence-electron chi connectivity index (χ1n) is 5.55. The van der Waals surface area contributed by atoms with Crippen molar-refractivity contribution in [3.63, 3.8) is 0 Å². The second kappa shape index (κ2) is 5.63. The molecule has 0 bridgehead atoms. The van der Waals surface area contributed by atoms with Crippen molar-refractivity contribution in [1.82, 2.24) is 0 Å². The number of aliphatic hydroxyl groups excluding tert-OH is 1. The van der Waals surface area contributed by atoms with Crippen LogP contribution in [0.1, 0.15) is 17.2 Å². The molecule has 1 N–H and O–H groups in total. The van der Waals surface area contributed by atoms with Gasteiger partial charge in [-0.1, -0.05) is 35.9 Å². The van der Waals surface area contributed by atoms with E-state index in [4.69, 9.17) is 11.6 Å². The van der Waals surface area contributed by atoms with Crippen LogP contribution in [0.5, 0.6) is 0 Å². The summed E-state index contributed by atoms with van der Waals surface area (Å²) in [4.78, 5) is 0. The summed E-state index contributed by atoms with van der Waals surface area (Å²) in [5.74, 6) is -2.85. The molecule has 1 unspecified atom stereocenters. The van der Waals surface area contributed by atoms with E-state index in [0.29, 0.717) is 0 Å². The first-order chi connectivity index (χ1) is 9.00. The average Bonchev–Trinajstić information content (AvgIpc) is 2.38. The van der Waals surface area contributed by atoms with Gasteiger partial charge >= 0.3 is 0 Å². The predicted molar refractivity (Wildman–Crippen MR) is 66.4 cm³/mol. The van der Waals surface area contributed by atoms with Crippen LogP contribution in [0.3, 0.4) is 0 Å². The summed E-state index contributed by atoms with van der Waals surface area (Å²) in [6.45, 7) is 0. The molecule has 0 heterocycles. The lowest BCUT2D eigenvalue weighted by molar-refractivity contribution is 0.171. The SMILES string of the molecule is OC(Cc1cccc(Cl)c1F)c1cccc(F)c1F. The van der Waals surface area contributed by atoms with Gasteiger partial charge in [0.2, 0.25) is 0 Å². The molecule has 0 aliphatic heterocycles. The van der Waals surface area contributed by atoms with Gasteiger partial charge in [0.05, 0.1) is 11.1 Å². The Kier molecular flexibility index (Phi) is 4.12. The van der Waals surface area contributed by atoms with E-state index in [1.54, 1.807) is 0 Å². The molecule has 2 rings (SSSR count). The highest BCUT2D eigenvalue weighted by atomic mass is 35.5. The highest BCUT2D eigenvalue weighted by Crippen LogP contribution is 2.26. The molecule has 5 heteroatoms. The van der Waals surface area contributed by atoms with Crippen LogP contribution in [0, 0.1) is 17.5 Å². The molecule has 0 aliphatic rings. The fourth-order valence-corrected chi connectivity index (χ4v) is 2.00. The van der Waals surface area contributed by atoms with Gasteiger partial charge in [-0.25, -0.2) is 13.2 Å². The van der Waals surface area contributed by atoms with E-state index in [0.717, 1.165) is 6.07 Å². The van der Waals surface area contributed by atoms with Crippen LogP contribution in [-0.2, 0) is 6.42 Å². The standard InChI is InChI=1S/C14H10ClF3O/c15-10-5-1-3-8(13(10)17)7-12(19)9-4-2-6-11(16)14(9)18/h1-6,12,19H,7H2.